The number of morpholine rings is 1. The van der Waals surface area contributed by atoms with Gasteiger partial charge in [-0.2, -0.15) is 0 Å². The van der Waals surface area contributed by atoms with Crippen LogP contribution in [-0.2, 0) is 16.0 Å². The van der Waals surface area contributed by atoms with Gasteiger partial charge < -0.3 is 30.3 Å². The number of guanidine groups is 1. The summed E-state index contributed by atoms with van der Waals surface area (Å²) in [5, 5.41) is 9.17. The van der Waals surface area contributed by atoms with Crippen LogP contribution in [0.4, 0.5) is 10.6 Å². The van der Waals surface area contributed by atoms with Crippen molar-refractivity contribution in [1.29, 1.82) is 0 Å². The Morgan fingerprint density at radius 2 is 1.93 bits per heavy atom. The van der Waals surface area contributed by atoms with Crippen LogP contribution in [0, 0.1) is 0 Å². The molecule has 0 aliphatic carbocycles. The largest absolute Gasteiger partial charge is 0.444 e. The first-order chi connectivity index (χ1) is 13.9. The molecule has 1 amide bonds. The number of carbonyl (C=O) groups is 1. The van der Waals surface area contributed by atoms with Gasteiger partial charge in [0.15, 0.2) is 5.96 Å². The van der Waals surface area contributed by atoms with Crippen molar-refractivity contribution in [3.8, 4) is 0 Å². The number of pyridine rings is 1. The smallest absolute Gasteiger partial charge is 0.407 e. The molecule has 170 valence electrons. The van der Waals surface area contributed by atoms with Gasteiger partial charge in [-0.1, -0.05) is 6.07 Å². The van der Waals surface area contributed by atoms with E-state index in [0.29, 0.717) is 38.8 Å². The zero-order chi connectivity index (χ0) is 21.1. The van der Waals surface area contributed by atoms with Gasteiger partial charge in [-0.3, -0.25) is 0 Å². The average Bonchev–Trinajstić information content (AvgIpc) is 2.69. The molecular formula is C20H35IN6O3. The van der Waals surface area contributed by atoms with Gasteiger partial charge in [0.1, 0.15) is 11.4 Å². The number of carbonyl (C=O) groups excluding carboxylic acids is 1. The molecule has 1 aromatic heterocycles. The summed E-state index contributed by atoms with van der Waals surface area (Å²) in [6.07, 6.45) is 1.39. The van der Waals surface area contributed by atoms with Crippen LogP contribution in [0.3, 0.4) is 0 Å². The number of aliphatic imine (C=N–C) groups is 1. The van der Waals surface area contributed by atoms with E-state index in [9.17, 15) is 4.79 Å². The van der Waals surface area contributed by atoms with E-state index >= 15 is 0 Å². The SMILES string of the molecule is CCNC(=NCc1cccnc1N1CCOCC1)NCCNC(=O)OC(C)(C)C.I. The summed E-state index contributed by atoms with van der Waals surface area (Å²) >= 11 is 0. The zero-order valence-corrected chi connectivity index (χ0v) is 20.7. The minimum absolute atomic E-state index is 0. The Morgan fingerprint density at radius 3 is 2.60 bits per heavy atom. The van der Waals surface area contributed by atoms with Gasteiger partial charge in [0.25, 0.3) is 0 Å². The molecule has 10 heteroatoms. The van der Waals surface area contributed by atoms with E-state index in [2.05, 4.69) is 36.9 Å². The molecule has 9 nitrogen and oxygen atoms in total. The second-order valence-electron chi connectivity index (χ2n) is 7.64. The van der Waals surface area contributed by atoms with Crippen molar-refractivity contribution in [2.75, 3.05) is 50.8 Å². The molecule has 0 spiro atoms. The summed E-state index contributed by atoms with van der Waals surface area (Å²) in [7, 11) is 0. The van der Waals surface area contributed by atoms with E-state index in [0.717, 1.165) is 31.0 Å². The van der Waals surface area contributed by atoms with Crippen LogP contribution in [0.25, 0.3) is 0 Å². The second kappa shape index (κ2) is 13.5. The molecule has 30 heavy (non-hydrogen) atoms. The van der Waals surface area contributed by atoms with Crippen LogP contribution >= 0.6 is 24.0 Å². The highest BCUT2D eigenvalue weighted by Gasteiger charge is 2.16. The minimum Gasteiger partial charge on any atom is -0.444 e. The summed E-state index contributed by atoms with van der Waals surface area (Å²) in [4.78, 5) is 23.2. The molecule has 0 radical (unpaired) electrons. The monoisotopic (exact) mass is 534 g/mol. The predicted molar refractivity (Wildman–Crippen MR) is 130 cm³/mol. The Kier molecular flexibility index (Phi) is 11.8. The topological polar surface area (TPSA) is 100 Å². The van der Waals surface area contributed by atoms with Gasteiger partial charge in [0.2, 0.25) is 0 Å². The number of amides is 1. The molecular weight excluding hydrogens is 499 g/mol. The molecule has 0 atom stereocenters. The van der Waals surface area contributed by atoms with Crippen molar-refractivity contribution in [1.82, 2.24) is 20.9 Å². The van der Waals surface area contributed by atoms with Crippen LogP contribution in [-0.4, -0.2) is 68.6 Å². The fraction of sp³-hybridized carbons (Fsp3) is 0.650. The zero-order valence-electron chi connectivity index (χ0n) is 18.4. The van der Waals surface area contributed by atoms with Crippen LogP contribution in [0.5, 0.6) is 0 Å². The van der Waals surface area contributed by atoms with E-state index in [1.54, 1.807) is 0 Å². The van der Waals surface area contributed by atoms with Crippen molar-refractivity contribution in [2.45, 2.75) is 39.8 Å². The molecule has 1 aliphatic heterocycles. The van der Waals surface area contributed by atoms with Gasteiger partial charge in [-0.15, -0.1) is 24.0 Å². The summed E-state index contributed by atoms with van der Waals surface area (Å²) in [6.45, 7) is 12.9. The van der Waals surface area contributed by atoms with Gasteiger partial charge in [-0.05, 0) is 33.8 Å². The summed E-state index contributed by atoms with van der Waals surface area (Å²) in [6, 6.07) is 3.98. The van der Waals surface area contributed by atoms with Crippen molar-refractivity contribution in [3.05, 3.63) is 23.9 Å². The van der Waals surface area contributed by atoms with E-state index < -0.39 is 11.7 Å². The second-order valence-corrected chi connectivity index (χ2v) is 7.64. The fourth-order valence-electron chi connectivity index (χ4n) is 2.78. The standard InChI is InChI=1S/C20H34N6O3.HI/c1-5-21-18(23-9-10-24-19(27)29-20(2,3)4)25-15-16-7-6-8-22-17(16)26-11-13-28-14-12-26;/h6-8H,5,9-15H2,1-4H3,(H,24,27)(H2,21,23,25);1H. The molecule has 3 N–H and O–H groups in total. The third-order valence-corrected chi connectivity index (χ3v) is 4.02. The van der Waals surface area contributed by atoms with E-state index in [1.807, 2.05) is 40.0 Å². The number of aromatic nitrogens is 1. The lowest BCUT2D eigenvalue weighted by Crippen LogP contribution is -2.42. The van der Waals surface area contributed by atoms with Gasteiger partial charge in [-0.25, -0.2) is 14.8 Å². The number of nitrogens with zero attached hydrogens (tertiary/aromatic N) is 3. The number of ether oxygens (including phenoxy) is 2. The van der Waals surface area contributed by atoms with Crippen molar-refractivity contribution >= 4 is 41.8 Å². The first-order valence-electron chi connectivity index (χ1n) is 10.1. The molecule has 2 heterocycles. The normalized spacial score (nSPS) is 14.5. The van der Waals surface area contributed by atoms with Gasteiger partial charge in [0.05, 0.1) is 19.8 Å². The lowest BCUT2D eigenvalue weighted by atomic mass is 10.2. The summed E-state index contributed by atoms with van der Waals surface area (Å²) in [5.41, 5.74) is 0.564. The Labute approximate surface area is 196 Å². The highest BCUT2D eigenvalue weighted by atomic mass is 127. The van der Waals surface area contributed by atoms with E-state index in [1.165, 1.54) is 0 Å². The molecule has 1 aromatic rings. The molecule has 1 saturated heterocycles. The number of hydrogen-bond donors (Lipinski definition) is 3. The minimum atomic E-state index is -0.504. The first kappa shape index (κ1) is 26.2. The highest BCUT2D eigenvalue weighted by Crippen LogP contribution is 2.19. The number of nitrogens with one attached hydrogen (secondary N) is 3. The Bertz CT molecular complexity index is 675. The number of alkyl carbamates (subject to hydrolysis) is 1. The van der Waals surface area contributed by atoms with Crippen LogP contribution in [0.15, 0.2) is 23.3 Å². The quantitative estimate of drug-likeness (QED) is 0.213. The third kappa shape index (κ3) is 9.79. The molecule has 0 saturated carbocycles. The van der Waals surface area contributed by atoms with Gasteiger partial charge >= 0.3 is 6.09 Å². The third-order valence-electron chi connectivity index (χ3n) is 4.02. The van der Waals surface area contributed by atoms with Crippen molar-refractivity contribution in [3.63, 3.8) is 0 Å². The molecule has 1 fully saturated rings. The van der Waals surface area contributed by atoms with Gasteiger partial charge in [0, 0.05) is 44.5 Å². The molecule has 0 aromatic carbocycles. The number of hydrogen-bond acceptors (Lipinski definition) is 6. The molecule has 1 aliphatic rings. The van der Waals surface area contributed by atoms with Crippen LogP contribution in [0.1, 0.15) is 33.3 Å². The maximum absolute atomic E-state index is 11.7. The lowest BCUT2D eigenvalue weighted by molar-refractivity contribution is 0.0529. The predicted octanol–water partition coefficient (Wildman–Crippen LogP) is 2.12. The molecule has 2 rings (SSSR count). The molecule has 0 unspecified atom stereocenters. The first-order valence-corrected chi connectivity index (χ1v) is 10.1. The maximum atomic E-state index is 11.7. The van der Waals surface area contributed by atoms with Crippen LogP contribution < -0.4 is 20.9 Å². The Hall–Kier alpha value is -1.82. The van der Waals surface area contributed by atoms with E-state index in [4.69, 9.17) is 9.47 Å². The Morgan fingerprint density at radius 1 is 1.23 bits per heavy atom. The number of anilines is 1. The lowest BCUT2D eigenvalue weighted by Gasteiger charge is -2.29. The van der Waals surface area contributed by atoms with E-state index in [-0.39, 0.29) is 24.0 Å². The summed E-state index contributed by atoms with van der Waals surface area (Å²) in [5.74, 6) is 1.65. The highest BCUT2D eigenvalue weighted by molar-refractivity contribution is 14.0. The molecule has 0 bridgehead atoms. The number of halogens is 1. The Balaban J connectivity index is 0.00000450. The van der Waals surface area contributed by atoms with Crippen LogP contribution in [0.2, 0.25) is 0 Å². The van der Waals surface area contributed by atoms with Crippen molar-refractivity contribution in [2.24, 2.45) is 4.99 Å². The maximum Gasteiger partial charge on any atom is 0.407 e. The number of rotatable bonds is 7. The average molecular weight is 534 g/mol. The summed E-state index contributed by atoms with van der Waals surface area (Å²) < 4.78 is 10.7. The fourth-order valence-corrected chi connectivity index (χ4v) is 2.78. The van der Waals surface area contributed by atoms with Crippen molar-refractivity contribution < 1.29 is 14.3 Å².